The van der Waals surface area contributed by atoms with E-state index in [-0.39, 0.29) is 26.4 Å². The quantitative estimate of drug-likeness (QED) is 0.104. The van der Waals surface area contributed by atoms with Gasteiger partial charge < -0.3 is 43.2 Å². The first-order chi connectivity index (χ1) is 24.1. The lowest BCUT2D eigenvalue weighted by Gasteiger charge is -2.47. The summed E-state index contributed by atoms with van der Waals surface area (Å²) in [5, 5.41) is 6.07. The summed E-state index contributed by atoms with van der Waals surface area (Å²) in [6.07, 6.45) is -6.87. The molecule has 268 valence electrons. The maximum absolute atomic E-state index is 13.3. The fourth-order valence-electron chi connectivity index (χ4n) is 5.89. The SMILES string of the molecule is CC(=O)OC[C@H]1O[C@@H](S[C@H]2[C@H](OCc3ccccc3)[C@@H](N=[N+]=[N-])[C@@H]3OC[C@H]2O3)[C@H](NC(=O)OCc2ccccc2)[C@@H](OC(C)=O)[C@@H]1OC(C)=O. The third kappa shape index (κ3) is 9.65. The van der Waals surface area contributed by atoms with Crippen molar-refractivity contribution in [2.75, 3.05) is 13.2 Å². The van der Waals surface area contributed by atoms with E-state index < -0.39 is 83.6 Å². The Balaban J connectivity index is 1.48. The van der Waals surface area contributed by atoms with Crippen molar-refractivity contribution in [1.82, 2.24) is 5.32 Å². The van der Waals surface area contributed by atoms with Crippen LogP contribution in [0, 0.1) is 0 Å². The standard InChI is InChI=1S/C33H38N4O12S/c1-18(38)42-16-23-27(46-19(2)39)28(47-20(3)40)26(35-33(41)45-15-22-12-8-5-9-13-22)32(49-23)50-30-24-17-44-31(48-24)25(36-37-34)29(30)43-14-21-10-6-4-7-11-21/h4-13,23-32H,14-17H2,1-3H3,(H,35,41)/t23-,24-,25-,26-,27-,28-,29-,30-,31-,32+/m1/s1. The van der Waals surface area contributed by atoms with Crippen LogP contribution in [0.1, 0.15) is 31.9 Å². The number of thioether (sulfide) groups is 1. The summed E-state index contributed by atoms with van der Waals surface area (Å²) in [6.45, 7) is 3.38. The molecule has 0 spiro atoms. The van der Waals surface area contributed by atoms with E-state index in [9.17, 15) is 24.7 Å². The average Bonchev–Trinajstić information content (AvgIpc) is 3.53. The molecule has 3 saturated heterocycles. The number of amides is 1. The molecule has 0 aliphatic carbocycles. The van der Waals surface area contributed by atoms with Gasteiger partial charge in [0.15, 0.2) is 18.5 Å². The zero-order chi connectivity index (χ0) is 35.6. The maximum atomic E-state index is 13.3. The van der Waals surface area contributed by atoms with Crippen molar-refractivity contribution in [1.29, 1.82) is 0 Å². The predicted molar refractivity (Wildman–Crippen MR) is 174 cm³/mol. The number of fused-ring (bicyclic) bond motifs is 2. The van der Waals surface area contributed by atoms with Crippen molar-refractivity contribution < 1.29 is 57.1 Å². The van der Waals surface area contributed by atoms with Crippen LogP contribution in [0.2, 0.25) is 0 Å². The van der Waals surface area contributed by atoms with Gasteiger partial charge in [0.2, 0.25) is 0 Å². The van der Waals surface area contributed by atoms with Crippen molar-refractivity contribution in [3.05, 3.63) is 82.2 Å². The molecule has 2 aromatic carbocycles. The van der Waals surface area contributed by atoms with Gasteiger partial charge >= 0.3 is 24.0 Å². The van der Waals surface area contributed by atoms with Crippen LogP contribution >= 0.6 is 11.8 Å². The normalized spacial score (nSPS) is 29.9. The molecule has 1 amide bonds. The number of benzene rings is 2. The minimum Gasteiger partial charge on any atom is -0.463 e. The second-order valence-corrected chi connectivity index (χ2v) is 12.9. The highest BCUT2D eigenvalue weighted by Gasteiger charge is 2.56. The van der Waals surface area contributed by atoms with E-state index in [1.165, 1.54) is 6.92 Å². The van der Waals surface area contributed by atoms with Crippen molar-refractivity contribution >= 4 is 35.8 Å². The number of carbonyl (C=O) groups is 4. The zero-order valence-electron chi connectivity index (χ0n) is 27.5. The number of ether oxygens (including phenoxy) is 8. The summed E-state index contributed by atoms with van der Waals surface area (Å²) in [5.74, 6) is -2.11. The molecule has 2 bridgehead atoms. The van der Waals surface area contributed by atoms with Gasteiger partial charge in [0.05, 0.1) is 30.7 Å². The van der Waals surface area contributed by atoms with Gasteiger partial charge in [-0.2, -0.15) is 0 Å². The zero-order valence-corrected chi connectivity index (χ0v) is 28.3. The van der Waals surface area contributed by atoms with E-state index in [0.717, 1.165) is 36.7 Å². The number of alkyl carbamates (subject to hydrolysis) is 1. The lowest BCUT2D eigenvalue weighted by Crippen LogP contribution is -2.66. The predicted octanol–water partition coefficient (Wildman–Crippen LogP) is 3.55. The molecule has 3 fully saturated rings. The molecule has 2 aromatic rings. The Morgan fingerprint density at radius 2 is 1.50 bits per heavy atom. The van der Waals surface area contributed by atoms with E-state index in [0.29, 0.717) is 0 Å². The Hall–Kier alpha value is -4.38. The first-order valence-corrected chi connectivity index (χ1v) is 16.8. The fraction of sp³-hybridized carbons (Fsp3) is 0.515. The molecule has 0 unspecified atom stereocenters. The first kappa shape index (κ1) is 36.9. The molecular weight excluding hydrogens is 676 g/mol. The minimum atomic E-state index is -1.33. The van der Waals surface area contributed by atoms with Gasteiger partial charge in [0.1, 0.15) is 36.8 Å². The molecular formula is C33H38N4O12S. The van der Waals surface area contributed by atoms with Crippen LogP contribution in [0.3, 0.4) is 0 Å². The number of azide groups is 1. The Morgan fingerprint density at radius 3 is 2.12 bits per heavy atom. The summed E-state index contributed by atoms with van der Waals surface area (Å²) in [7, 11) is 0. The topological polar surface area (TPSA) is 203 Å². The number of esters is 3. The molecule has 5 rings (SSSR count). The second-order valence-electron chi connectivity index (χ2n) is 11.7. The molecule has 0 aromatic heterocycles. The summed E-state index contributed by atoms with van der Waals surface area (Å²) in [4.78, 5) is 53.0. The molecule has 1 N–H and O–H groups in total. The average molecular weight is 715 g/mol. The van der Waals surface area contributed by atoms with Gasteiger partial charge in [-0.1, -0.05) is 65.8 Å². The van der Waals surface area contributed by atoms with Crippen LogP contribution in [-0.2, 0) is 65.5 Å². The van der Waals surface area contributed by atoms with Crippen LogP contribution in [0.4, 0.5) is 4.79 Å². The minimum absolute atomic E-state index is 0.0702. The maximum Gasteiger partial charge on any atom is 0.407 e. The van der Waals surface area contributed by atoms with Crippen LogP contribution < -0.4 is 5.32 Å². The Morgan fingerprint density at radius 1 is 0.860 bits per heavy atom. The van der Waals surface area contributed by atoms with Crippen LogP contribution in [0.15, 0.2) is 65.8 Å². The van der Waals surface area contributed by atoms with E-state index in [2.05, 4.69) is 15.3 Å². The van der Waals surface area contributed by atoms with Crippen molar-refractivity contribution in [3.8, 4) is 0 Å². The lowest BCUT2D eigenvalue weighted by atomic mass is 9.97. The van der Waals surface area contributed by atoms with Gasteiger partial charge in [-0.05, 0) is 16.7 Å². The third-order valence-corrected chi connectivity index (χ3v) is 9.56. The Labute approximate surface area is 291 Å². The van der Waals surface area contributed by atoms with E-state index in [1.54, 1.807) is 24.3 Å². The van der Waals surface area contributed by atoms with Gasteiger partial charge in [-0.3, -0.25) is 14.4 Å². The van der Waals surface area contributed by atoms with E-state index in [1.807, 2.05) is 36.4 Å². The largest absolute Gasteiger partial charge is 0.463 e. The summed E-state index contributed by atoms with van der Waals surface area (Å²) >= 11 is 1.15. The molecule has 17 heteroatoms. The van der Waals surface area contributed by atoms with E-state index >= 15 is 0 Å². The fourth-order valence-corrected chi connectivity index (χ4v) is 7.51. The molecule has 0 radical (unpaired) electrons. The first-order valence-electron chi connectivity index (χ1n) is 15.9. The molecule has 50 heavy (non-hydrogen) atoms. The highest BCUT2D eigenvalue weighted by Crippen LogP contribution is 2.43. The summed E-state index contributed by atoms with van der Waals surface area (Å²) < 4.78 is 46.8. The number of carbonyl (C=O) groups excluding carboxylic acids is 4. The van der Waals surface area contributed by atoms with Crippen LogP contribution in [0.25, 0.3) is 10.4 Å². The molecule has 3 aliphatic rings. The monoisotopic (exact) mass is 714 g/mol. The Kier molecular flexibility index (Phi) is 12.9. The van der Waals surface area contributed by atoms with Gasteiger partial charge in [-0.15, -0.1) is 11.8 Å². The molecule has 16 nitrogen and oxygen atoms in total. The molecule has 3 aliphatic heterocycles. The number of nitrogens with one attached hydrogen (secondary N) is 1. The molecule has 0 saturated carbocycles. The highest BCUT2D eigenvalue weighted by molar-refractivity contribution is 8.00. The summed E-state index contributed by atoms with van der Waals surface area (Å²) in [6, 6.07) is 16.3. The molecule has 10 atom stereocenters. The van der Waals surface area contributed by atoms with Crippen LogP contribution in [0.5, 0.6) is 0 Å². The van der Waals surface area contributed by atoms with Gasteiger partial charge in [0, 0.05) is 25.7 Å². The Bertz CT molecular complexity index is 1530. The number of hydrogen-bond donors (Lipinski definition) is 1. The van der Waals surface area contributed by atoms with Gasteiger partial charge in [-0.25, -0.2) is 4.79 Å². The van der Waals surface area contributed by atoms with Crippen molar-refractivity contribution in [2.24, 2.45) is 5.11 Å². The van der Waals surface area contributed by atoms with Crippen LogP contribution in [-0.4, -0.2) is 96.8 Å². The number of rotatable bonds is 13. The highest BCUT2D eigenvalue weighted by atomic mass is 32.2. The van der Waals surface area contributed by atoms with Gasteiger partial charge in [0.25, 0.3) is 0 Å². The van der Waals surface area contributed by atoms with Crippen molar-refractivity contribution in [2.45, 2.75) is 93.6 Å². The summed E-state index contributed by atoms with van der Waals surface area (Å²) in [5.41, 5.74) is 9.96. The lowest BCUT2D eigenvalue weighted by molar-refractivity contribution is -0.211. The number of hydrogen-bond acceptors (Lipinski definition) is 14. The van der Waals surface area contributed by atoms with Crippen molar-refractivity contribution in [3.63, 3.8) is 0 Å². The smallest absolute Gasteiger partial charge is 0.407 e. The molecule has 3 heterocycles. The third-order valence-electron chi connectivity index (χ3n) is 8.00. The van der Waals surface area contributed by atoms with E-state index in [4.69, 9.17) is 37.9 Å². The number of nitrogens with zero attached hydrogens (tertiary/aromatic N) is 3. The second kappa shape index (κ2) is 17.5.